The number of rotatable bonds is 5. The Morgan fingerprint density at radius 1 is 1.39 bits per heavy atom. The minimum atomic E-state index is 0.345. The van der Waals surface area contributed by atoms with E-state index in [-0.39, 0.29) is 0 Å². The summed E-state index contributed by atoms with van der Waals surface area (Å²) >= 11 is 1.75. The Labute approximate surface area is 114 Å². The van der Waals surface area contributed by atoms with Crippen LogP contribution in [0.3, 0.4) is 0 Å². The average Bonchev–Trinajstić information content (AvgIpc) is 2.92. The maximum Gasteiger partial charge on any atom is 0.223 e. The van der Waals surface area contributed by atoms with Gasteiger partial charge in [0.25, 0.3) is 0 Å². The summed E-state index contributed by atoms with van der Waals surface area (Å²) in [6.07, 6.45) is 7.91. The summed E-state index contributed by atoms with van der Waals surface area (Å²) in [5.41, 5.74) is 0. The standard InChI is InChI=1S/C15H23NOS/c1-2-16(13-7-4-3-5-8-13)15(17)11-10-14-9-6-12-18-14/h6,9,12-13H,2-5,7-8,10-11H2,1H3. The van der Waals surface area contributed by atoms with Gasteiger partial charge in [-0.3, -0.25) is 4.79 Å². The second kappa shape index (κ2) is 6.93. The zero-order valence-electron chi connectivity index (χ0n) is 11.2. The van der Waals surface area contributed by atoms with Gasteiger partial charge in [-0.2, -0.15) is 0 Å². The Morgan fingerprint density at radius 2 is 2.17 bits per heavy atom. The van der Waals surface area contributed by atoms with Gasteiger partial charge in [-0.05, 0) is 37.6 Å². The van der Waals surface area contributed by atoms with Crippen molar-refractivity contribution in [3.8, 4) is 0 Å². The van der Waals surface area contributed by atoms with Crippen molar-refractivity contribution in [2.24, 2.45) is 0 Å². The summed E-state index contributed by atoms with van der Waals surface area (Å²) in [4.78, 5) is 15.7. The molecule has 0 N–H and O–H groups in total. The van der Waals surface area contributed by atoms with E-state index in [0.717, 1.165) is 13.0 Å². The maximum atomic E-state index is 12.3. The van der Waals surface area contributed by atoms with Gasteiger partial charge in [-0.25, -0.2) is 0 Å². The van der Waals surface area contributed by atoms with Crippen LogP contribution in [0.4, 0.5) is 0 Å². The molecule has 2 nitrogen and oxygen atoms in total. The lowest BCUT2D eigenvalue weighted by molar-refractivity contribution is -0.133. The highest BCUT2D eigenvalue weighted by molar-refractivity contribution is 7.09. The van der Waals surface area contributed by atoms with Crippen molar-refractivity contribution in [3.05, 3.63) is 22.4 Å². The van der Waals surface area contributed by atoms with E-state index in [4.69, 9.17) is 0 Å². The summed E-state index contributed by atoms with van der Waals surface area (Å²) in [7, 11) is 0. The molecule has 18 heavy (non-hydrogen) atoms. The molecule has 0 aromatic carbocycles. The number of hydrogen-bond acceptors (Lipinski definition) is 2. The van der Waals surface area contributed by atoms with E-state index in [2.05, 4.69) is 29.3 Å². The van der Waals surface area contributed by atoms with Gasteiger partial charge < -0.3 is 4.90 Å². The molecule has 100 valence electrons. The van der Waals surface area contributed by atoms with Crippen LogP contribution in [0, 0.1) is 0 Å². The van der Waals surface area contributed by atoms with Crippen molar-refractivity contribution in [1.29, 1.82) is 0 Å². The van der Waals surface area contributed by atoms with E-state index in [0.29, 0.717) is 18.4 Å². The molecule has 0 bridgehead atoms. The Balaban J connectivity index is 1.84. The number of carbonyl (C=O) groups is 1. The predicted octanol–water partition coefficient (Wildman–Crippen LogP) is 3.86. The fraction of sp³-hybridized carbons (Fsp3) is 0.667. The average molecular weight is 265 g/mol. The number of thiophene rings is 1. The summed E-state index contributed by atoms with van der Waals surface area (Å²) < 4.78 is 0. The predicted molar refractivity (Wildman–Crippen MR) is 76.9 cm³/mol. The van der Waals surface area contributed by atoms with Gasteiger partial charge in [-0.15, -0.1) is 11.3 Å². The van der Waals surface area contributed by atoms with E-state index in [9.17, 15) is 4.79 Å². The molecule has 0 unspecified atom stereocenters. The molecule has 1 aliphatic carbocycles. The molecule has 1 amide bonds. The van der Waals surface area contributed by atoms with Crippen LogP contribution in [-0.4, -0.2) is 23.4 Å². The largest absolute Gasteiger partial charge is 0.340 e. The van der Waals surface area contributed by atoms with Crippen LogP contribution in [0.5, 0.6) is 0 Å². The first kappa shape index (κ1) is 13.6. The maximum absolute atomic E-state index is 12.3. The second-order valence-electron chi connectivity index (χ2n) is 5.05. The van der Waals surface area contributed by atoms with Crippen LogP contribution in [0.1, 0.15) is 50.3 Å². The molecular formula is C15H23NOS. The molecule has 1 fully saturated rings. The van der Waals surface area contributed by atoms with Gasteiger partial charge in [0, 0.05) is 23.9 Å². The fourth-order valence-corrected chi connectivity index (χ4v) is 3.57. The Hall–Kier alpha value is -0.830. The highest BCUT2D eigenvalue weighted by Gasteiger charge is 2.23. The van der Waals surface area contributed by atoms with E-state index in [1.165, 1.54) is 37.0 Å². The summed E-state index contributed by atoms with van der Waals surface area (Å²) in [6.45, 7) is 2.98. The van der Waals surface area contributed by atoms with Crippen LogP contribution in [-0.2, 0) is 11.2 Å². The third kappa shape index (κ3) is 3.58. The first-order chi connectivity index (χ1) is 8.81. The topological polar surface area (TPSA) is 20.3 Å². The normalized spacial score (nSPS) is 16.7. The van der Waals surface area contributed by atoms with Crippen LogP contribution >= 0.6 is 11.3 Å². The van der Waals surface area contributed by atoms with E-state index >= 15 is 0 Å². The molecule has 1 saturated carbocycles. The third-order valence-corrected chi connectivity index (χ3v) is 4.78. The molecule has 0 atom stereocenters. The van der Waals surface area contributed by atoms with Crippen molar-refractivity contribution in [2.45, 2.75) is 57.9 Å². The third-order valence-electron chi connectivity index (χ3n) is 3.84. The number of amides is 1. The number of hydrogen-bond donors (Lipinski definition) is 0. The molecule has 0 radical (unpaired) electrons. The Kier molecular flexibility index (Phi) is 5.24. The molecule has 2 rings (SSSR count). The zero-order chi connectivity index (χ0) is 12.8. The molecule has 1 heterocycles. The van der Waals surface area contributed by atoms with Gasteiger partial charge in [0.15, 0.2) is 0 Å². The van der Waals surface area contributed by atoms with Gasteiger partial charge >= 0.3 is 0 Å². The minimum absolute atomic E-state index is 0.345. The first-order valence-corrected chi connectivity index (χ1v) is 8.01. The Bertz CT molecular complexity index is 355. The molecule has 0 saturated heterocycles. The minimum Gasteiger partial charge on any atom is -0.340 e. The molecule has 0 aliphatic heterocycles. The lowest BCUT2D eigenvalue weighted by atomic mass is 9.94. The molecule has 1 aromatic rings. The monoisotopic (exact) mass is 265 g/mol. The summed E-state index contributed by atoms with van der Waals surface area (Å²) in [5.74, 6) is 0.345. The molecule has 3 heteroatoms. The van der Waals surface area contributed by atoms with Gasteiger partial charge in [0.05, 0.1) is 0 Å². The van der Waals surface area contributed by atoms with Gasteiger partial charge in [0.1, 0.15) is 0 Å². The van der Waals surface area contributed by atoms with Crippen LogP contribution in [0.2, 0.25) is 0 Å². The first-order valence-electron chi connectivity index (χ1n) is 7.13. The quantitative estimate of drug-likeness (QED) is 0.791. The summed E-state index contributed by atoms with van der Waals surface area (Å²) in [6, 6.07) is 4.69. The van der Waals surface area contributed by atoms with Gasteiger partial charge in [0.2, 0.25) is 5.91 Å². The van der Waals surface area contributed by atoms with Crippen molar-refractivity contribution < 1.29 is 4.79 Å². The zero-order valence-corrected chi connectivity index (χ0v) is 12.0. The van der Waals surface area contributed by atoms with Crippen molar-refractivity contribution in [3.63, 3.8) is 0 Å². The van der Waals surface area contributed by atoms with Gasteiger partial charge in [-0.1, -0.05) is 25.3 Å². The van der Waals surface area contributed by atoms with Crippen molar-refractivity contribution in [1.82, 2.24) is 4.90 Å². The van der Waals surface area contributed by atoms with E-state index in [1.807, 2.05) is 0 Å². The van der Waals surface area contributed by atoms with Crippen LogP contribution in [0.15, 0.2) is 17.5 Å². The van der Waals surface area contributed by atoms with E-state index < -0.39 is 0 Å². The number of aryl methyl sites for hydroxylation is 1. The van der Waals surface area contributed by atoms with E-state index in [1.54, 1.807) is 11.3 Å². The van der Waals surface area contributed by atoms with Crippen molar-refractivity contribution >= 4 is 17.2 Å². The number of nitrogens with zero attached hydrogens (tertiary/aromatic N) is 1. The summed E-state index contributed by atoms with van der Waals surface area (Å²) in [5, 5.41) is 2.08. The molecule has 1 aliphatic rings. The van der Waals surface area contributed by atoms with Crippen LogP contribution < -0.4 is 0 Å². The SMILES string of the molecule is CCN(C(=O)CCc1cccs1)C1CCCCC1. The lowest BCUT2D eigenvalue weighted by Gasteiger charge is -2.33. The molecular weight excluding hydrogens is 242 g/mol. The highest BCUT2D eigenvalue weighted by Crippen LogP contribution is 2.23. The lowest BCUT2D eigenvalue weighted by Crippen LogP contribution is -2.41. The second-order valence-corrected chi connectivity index (χ2v) is 6.08. The highest BCUT2D eigenvalue weighted by atomic mass is 32.1. The van der Waals surface area contributed by atoms with Crippen LogP contribution in [0.25, 0.3) is 0 Å². The Morgan fingerprint density at radius 3 is 2.78 bits per heavy atom. The number of carbonyl (C=O) groups excluding carboxylic acids is 1. The fourth-order valence-electron chi connectivity index (χ4n) is 2.86. The molecule has 1 aromatic heterocycles. The molecule has 0 spiro atoms. The van der Waals surface area contributed by atoms with Crippen molar-refractivity contribution in [2.75, 3.05) is 6.54 Å². The smallest absolute Gasteiger partial charge is 0.223 e.